The molecule has 0 atom stereocenters. The normalized spacial score (nSPS) is 10.8. The summed E-state index contributed by atoms with van der Waals surface area (Å²) in [5.74, 6) is 0.561. The number of aryl methyl sites for hydroxylation is 1. The first-order valence-electron chi connectivity index (χ1n) is 8.10. The van der Waals surface area contributed by atoms with Crippen molar-refractivity contribution in [3.63, 3.8) is 0 Å². The second-order valence-electron chi connectivity index (χ2n) is 5.85. The number of carbonyl (C=O) groups excluding carboxylic acids is 1. The molecule has 24 heavy (non-hydrogen) atoms. The third-order valence-electron chi connectivity index (χ3n) is 3.89. The van der Waals surface area contributed by atoms with E-state index in [0.717, 1.165) is 39.9 Å². The fraction of sp³-hybridized carbons (Fsp3) is 0.263. The number of hydrogen-bond donors (Lipinski definition) is 2. The van der Waals surface area contributed by atoms with E-state index in [9.17, 15) is 4.79 Å². The van der Waals surface area contributed by atoms with Gasteiger partial charge in [-0.05, 0) is 55.7 Å². The SMILES string of the molecule is CCCNC(=O)Nc1cccc(-c2nc3ccc(C)cc3o2)c1C. The van der Waals surface area contributed by atoms with Crippen LogP contribution in [0, 0.1) is 13.8 Å². The van der Waals surface area contributed by atoms with Gasteiger partial charge in [0.25, 0.3) is 0 Å². The van der Waals surface area contributed by atoms with Crippen LogP contribution in [0.25, 0.3) is 22.6 Å². The van der Waals surface area contributed by atoms with E-state index >= 15 is 0 Å². The molecule has 2 N–H and O–H groups in total. The highest BCUT2D eigenvalue weighted by molar-refractivity contribution is 5.91. The maximum atomic E-state index is 11.9. The van der Waals surface area contributed by atoms with E-state index in [2.05, 4.69) is 15.6 Å². The van der Waals surface area contributed by atoms with Gasteiger partial charge >= 0.3 is 6.03 Å². The van der Waals surface area contributed by atoms with Gasteiger partial charge in [-0.15, -0.1) is 0 Å². The molecular weight excluding hydrogens is 302 g/mol. The molecule has 0 spiro atoms. The third kappa shape index (κ3) is 3.25. The quantitative estimate of drug-likeness (QED) is 0.735. The van der Waals surface area contributed by atoms with Crippen LogP contribution >= 0.6 is 0 Å². The Kier molecular flexibility index (Phi) is 4.51. The number of nitrogens with one attached hydrogen (secondary N) is 2. The van der Waals surface area contributed by atoms with Gasteiger partial charge in [-0.25, -0.2) is 9.78 Å². The molecule has 2 aromatic carbocycles. The number of urea groups is 1. The molecular formula is C19H21N3O2. The Morgan fingerprint density at radius 2 is 2.04 bits per heavy atom. The summed E-state index contributed by atoms with van der Waals surface area (Å²) in [4.78, 5) is 16.4. The summed E-state index contributed by atoms with van der Waals surface area (Å²) in [6.45, 7) is 6.63. The maximum Gasteiger partial charge on any atom is 0.319 e. The van der Waals surface area contributed by atoms with Crippen molar-refractivity contribution >= 4 is 22.8 Å². The Bertz CT molecular complexity index is 883. The van der Waals surface area contributed by atoms with E-state index in [-0.39, 0.29) is 6.03 Å². The first-order chi connectivity index (χ1) is 11.6. The summed E-state index contributed by atoms with van der Waals surface area (Å²) >= 11 is 0. The van der Waals surface area contributed by atoms with Gasteiger partial charge in [0.2, 0.25) is 5.89 Å². The van der Waals surface area contributed by atoms with Crippen LogP contribution in [0.2, 0.25) is 0 Å². The number of hydrogen-bond acceptors (Lipinski definition) is 3. The highest BCUT2D eigenvalue weighted by Crippen LogP contribution is 2.30. The first-order valence-corrected chi connectivity index (χ1v) is 8.10. The van der Waals surface area contributed by atoms with E-state index < -0.39 is 0 Å². The summed E-state index contributed by atoms with van der Waals surface area (Å²) in [6.07, 6.45) is 0.898. The summed E-state index contributed by atoms with van der Waals surface area (Å²) < 4.78 is 5.90. The van der Waals surface area contributed by atoms with Gasteiger partial charge in [-0.1, -0.05) is 19.1 Å². The van der Waals surface area contributed by atoms with Crippen LogP contribution in [0.5, 0.6) is 0 Å². The Hall–Kier alpha value is -2.82. The van der Waals surface area contributed by atoms with Crippen molar-refractivity contribution in [1.29, 1.82) is 0 Å². The molecule has 3 aromatic rings. The van der Waals surface area contributed by atoms with Crippen molar-refractivity contribution in [2.75, 3.05) is 11.9 Å². The predicted octanol–water partition coefficient (Wildman–Crippen LogP) is 4.64. The molecule has 3 rings (SSSR count). The molecule has 0 radical (unpaired) electrons. The monoisotopic (exact) mass is 323 g/mol. The molecule has 124 valence electrons. The molecule has 5 nitrogen and oxygen atoms in total. The number of anilines is 1. The summed E-state index contributed by atoms with van der Waals surface area (Å²) in [5.41, 5.74) is 5.27. The van der Waals surface area contributed by atoms with Crippen molar-refractivity contribution in [3.8, 4) is 11.5 Å². The fourth-order valence-corrected chi connectivity index (χ4v) is 2.55. The number of carbonyl (C=O) groups is 1. The second kappa shape index (κ2) is 6.74. The minimum Gasteiger partial charge on any atom is -0.436 e. The minimum atomic E-state index is -0.203. The molecule has 0 fully saturated rings. The Morgan fingerprint density at radius 3 is 2.83 bits per heavy atom. The zero-order valence-corrected chi connectivity index (χ0v) is 14.1. The molecule has 0 aliphatic rings. The highest BCUT2D eigenvalue weighted by Gasteiger charge is 2.14. The zero-order valence-electron chi connectivity index (χ0n) is 14.1. The standard InChI is InChI=1S/C19H21N3O2/c1-4-10-20-19(23)22-15-7-5-6-14(13(15)3)18-21-16-9-8-12(2)11-17(16)24-18/h5-9,11H,4,10H2,1-3H3,(H2,20,22,23). The van der Waals surface area contributed by atoms with Crippen LogP contribution in [0.3, 0.4) is 0 Å². The van der Waals surface area contributed by atoms with Gasteiger partial charge in [-0.2, -0.15) is 0 Å². The number of aromatic nitrogens is 1. The lowest BCUT2D eigenvalue weighted by Gasteiger charge is -2.11. The van der Waals surface area contributed by atoms with Gasteiger partial charge in [0.1, 0.15) is 5.52 Å². The van der Waals surface area contributed by atoms with Crippen molar-refractivity contribution in [1.82, 2.24) is 10.3 Å². The molecule has 0 aliphatic carbocycles. The molecule has 0 unspecified atom stereocenters. The molecule has 0 aliphatic heterocycles. The van der Waals surface area contributed by atoms with Crippen molar-refractivity contribution in [3.05, 3.63) is 47.5 Å². The van der Waals surface area contributed by atoms with Crippen LogP contribution in [0.4, 0.5) is 10.5 Å². The van der Waals surface area contributed by atoms with Gasteiger partial charge in [0.15, 0.2) is 5.58 Å². The summed E-state index contributed by atoms with van der Waals surface area (Å²) in [6, 6.07) is 11.4. The van der Waals surface area contributed by atoms with Gasteiger partial charge in [-0.3, -0.25) is 0 Å². The van der Waals surface area contributed by atoms with Crippen LogP contribution < -0.4 is 10.6 Å². The van der Waals surface area contributed by atoms with Gasteiger partial charge in [0, 0.05) is 17.8 Å². The first kappa shape index (κ1) is 16.1. The molecule has 0 saturated carbocycles. The van der Waals surface area contributed by atoms with Gasteiger partial charge < -0.3 is 15.1 Å². The van der Waals surface area contributed by atoms with E-state index in [0.29, 0.717) is 12.4 Å². The van der Waals surface area contributed by atoms with Crippen molar-refractivity contribution < 1.29 is 9.21 Å². The number of rotatable bonds is 4. The fourth-order valence-electron chi connectivity index (χ4n) is 2.55. The average molecular weight is 323 g/mol. The third-order valence-corrected chi connectivity index (χ3v) is 3.89. The van der Waals surface area contributed by atoms with Crippen molar-refractivity contribution in [2.45, 2.75) is 27.2 Å². The van der Waals surface area contributed by atoms with Gasteiger partial charge in [0.05, 0.1) is 0 Å². The van der Waals surface area contributed by atoms with E-state index in [1.54, 1.807) is 0 Å². The number of fused-ring (bicyclic) bond motifs is 1. The number of oxazole rings is 1. The highest BCUT2D eigenvalue weighted by atomic mass is 16.3. The topological polar surface area (TPSA) is 67.2 Å². The van der Waals surface area contributed by atoms with Crippen LogP contribution in [-0.2, 0) is 0 Å². The Morgan fingerprint density at radius 1 is 1.21 bits per heavy atom. The number of benzene rings is 2. The van der Waals surface area contributed by atoms with E-state index in [1.807, 2.05) is 57.2 Å². The van der Waals surface area contributed by atoms with Crippen LogP contribution in [-0.4, -0.2) is 17.6 Å². The summed E-state index contributed by atoms with van der Waals surface area (Å²) in [5, 5.41) is 5.68. The molecule has 0 saturated heterocycles. The van der Waals surface area contributed by atoms with Crippen LogP contribution in [0.1, 0.15) is 24.5 Å². The molecule has 1 aromatic heterocycles. The molecule has 0 bridgehead atoms. The van der Waals surface area contributed by atoms with E-state index in [4.69, 9.17) is 4.42 Å². The molecule has 2 amide bonds. The minimum absolute atomic E-state index is 0.203. The number of amides is 2. The molecule has 1 heterocycles. The largest absolute Gasteiger partial charge is 0.436 e. The Labute approximate surface area is 141 Å². The summed E-state index contributed by atoms with van der Waals surface area (Å²) in [7, 11) is 0. The van der Waals surface area contributed by atoms with Crippen LogP contribution in [0.15, 0.2) is 40.8 Å². The molecule has 5 heteroatoms. The van der Waals surface area contributed by atoms with E-state index in [1.165, 1.54) is 0 Å². The maximum absolute atomic E-state index is 11.9. The second-order valence-corrected chi connectivity index (χ2v) is 5.85. The van der Waals surface area contributed by atoms with Crippen molar-refractivity contribution in [2.24, 2.45) is 0 Å². The predicted molar refractivity (Wildman–Crippen MR) is 96.2 cm³/mol. The number of nitrogens with zero attached hydrogens (tertiary/aromatic N) is 1. The lowest BCUT2D eigenvalue weighted by atomic mass is 10.1. The average Bonchev–Trinajstić information content (AvgIpc) is 2.97. The lowest BCUT2D eigenvalue weighted by molar-refractivity contribution is 0.252. The Balaban J connectivity index is 1.93. The zero-order chi connectivity index (χ0) is 17.1. The smallest absolute Gasteiger partial charge is 0.319 e. The lowest BCUT2D eigenvalue weighted by Crippen LogP contribution is -2.29.